The van der Waals surface area contributed by atoms with Gasteiger partial charge in [-0.2, -0.15) is 0 Å². The van der Waals surface area contributed by atoms with Gasteiger partial charge in [0.1, 0.15) is 11.5 Å². The van der Waals surface area contributed by atoms with Crippen LogP contribution in [0.15, 0.2) is 0 Å². The van der Waals surface area contributed by atoms with Crippen LogP contribution < -0.4 is 5.32 Å². The highest BCUT2D eigenvalue weighted by molar-refractivity contribution is 7.86. The second-order valence-corrected chi connectivity index (χ2v) is 4.78. The van der Waals surface area contributed by atoms with Crippen molar-refractivity contribution in [3.63, 3.8) is 0 Å². The first-order valence-corrected chi connectivity index (χ1v) is 5.74. The molecule has 0 radical (unpaired) electrons. The van der Waals surface area contributed by atoms with E-state index in [4.69, 9.17) is 5.11 Å². The van der Waals surface area contributed by atoms with Crippen LogP contribution in [0, 0.1) is 5.92 Å². The quantitative estimate of drug-likeness (QED) is 0.639. The number of carbonyl (C=O) groups excluding carboxylic acids is 1. The molecule has 0 aliphatic carbocycles. The normalized spacial score (nSPS) is 12.5. The fraction of sp³-hybridized carbons (Fsp3) is 0.750. The molecule has 0 aliphatic heterocycles. The van der Waals surface area contributed by atoms with Crippen LogP contribution in [0.5, 0.6) is 0 Å². The Kier molecular flexibility index (Phi) is 6.11. The summed E-state index contributed by atoms with van der Waals surface area (Å²) >= 11 is 0. The lowest BCUT2D eigenvalue weighted by atomic mass is 10.2. The van der Waals surface area contributed by atoms with E-state index in [2.05, 4.69) is 5.32 Å². The molecule has 5 nitrogen and oxygen atoms in total. The van der Waals surface area contributed by atoms with Gasteiger partial charge in [0, 0.05) is 17.3 Å². The van der Waals surface area contributed by atoms with Crippen LogP contribution in [0.3, 0.4) is 0 Å². The summed E-state index contributed by atoms with van der Waals surface area (Å²) in [6.45, 7) is 4.39. The highest BCUT2D eigenvalue weighted by atomic mass is 32.2. The monoisotopic (exact) mass is 221 g/mol. The topological polar surface area (TPSA) is 83.5 Å². The average Bonchev–Trinajstić information content (AvgIpc) is 1.98. The van der Waals surface area contributed by atoms with Crippen molar-refractivity contribution in [3.05, 3.63) is 0 Å². The maximum Gasteiger partial charge on any atom is 0.316 e. The van der Waals surface area contributed by atoms with Gasteiger partial charge >= 0.3 is 5.97 Å². The van der Waals surface area contributed by atoms with Crippen molar-refractivity contribution in [3.8, 4) is 0 Å². The number of carboxylic acids is 1. The Labute approximate surface area is 85.3 Å². The Balaban J connectivity index is 3.72. The van der Waals surface area contributed by atoms with E-state index in [1.54, 1.807) is 0 Å². The predicted octanol–water partition coefficient (Wildman–Crippen LogP) is -0.408. The van der Waals surface area contributed by atoms with Crippen LogP contribution in [0.25, 0.3) is 0 Å². The van der Waals surface area contributed by atoms with Crippen LogP contribution in [-0.2, 0) is 20.4 Å². The van der Waals surface area contributed by atoms with Crippen LogP contribution in [0.2, 0.25) is 0 Å². The average molecular weight is 221 g/mol. The van der Waals surface area contributed by atoms with Gasteiger partial charge in [-0.3, -0.25) is 13.8 Å². The molecule has 0 spiro atoms. The number of carbonyl (C=O) groups is 2. The summed E-state index contributed by atoms with van der Waals surface area (Å²) in [7, 11) is -1.61. The summed E-state index contributed by atoms with van der Waals surface area (Å²) in [6.07, 6.45) is 0. The third-order valence-corrected chi connectivity index (χ3v) is 2.44. The van der Waals surface area contributed by atoms with Gasteiger partial charge in [-0.25, -0.2) is 0 Å². The Morgan fingerprint density at radius 1 is 1.36 bits per heavy atom. The third-order valence-electron chi connectivity index (χ3n) is 1.28. The molecule has 6 heteroatoms. The van der Waals surface area contributed by atoms with E-state index in [9.17, 15) is 13.8 Å². The molecule has 0 aliphatic rings. The van der Waals surface area contributed by atoms with Gasteiger partial charge in [0.15, 0.2) is 0 Å². The van der Waals surface area contributed by atoms with Gasteiger partial charge in [0.2, 0.25) is 5.91 Å². The fourth-order valence-electron chi connectivity index (χ4n) is 0.704. The van der Waals surface area contributed by atoms with Gasteiger partial charge in [0.05, 0.1) is 0 Å². The van der Waals surface area contributed by atoms with Crippen molar-refractivity contribution in [1.82, 2.24) is 5.32 Å². The molecule has 0 aromatic rings. The Bertz CT molecular complexity index is 239. The molecule has 1 unspecified atom stereocenters. The summed E-state index contributed by atoms with van der Waals surface area (Å²) in [5.74, 6) is -1.90. The number of rotatable bonds is 6. The lowest BCUT2D eigenvalue weighted by molar-refractivity contribution is -0.133. The number of amides is 1. The number of hydrogen-bond acceptors (Lipinski definition) is 3. The largest absolute Gasteiger partial charge is 0.481 e. The Morgan fingerprint density at radius 3 is 2.36 bits per heavy atom. The fourth-order valence-corrected chi connectivity index (χ4v) is 1.48. The first-order valence-electron chi connectivity index (χ1n) is 4.25. The molecule has 0 bridgehead atoms. The standard InChI is InChI=1S/C8H15NO4S/c1-6(2)3-9-7(10)4-14(13)5-8(11)12/h6H,3-5H2,1-2H3,(H,9,10)(H,11,12). The summed E-state index contributed by atoms with van der Waals surface area (Å²) in [5, 5.41) is 10.9. The molecule has 1 atom stereocenters. The molecule has 0 saturated carbocycles. The van der Waals surface area contributed by atoms with E-state index >= 15 is 0 Å². The molecule has 82 valence electrons. The minimum Gasteiger partial charge on any atom is -0.481 e. The molecule has 0 aromatic carbocycles. The second kappa shape index (κ2) is 6.53. The highest BCUT2D eigenvalue weighted by Crippen LogP contribution is 1.88. The van der Waals surface area contributed by atoms with Gasteiger partial charge < -0.3 is 10.4 Å². The number of nitrogens with one attached hydrogen (secondary N) is 1. The molecule has 0 aromatic heterocycles. The van der Waals surface area contributed by atoms with Crippen LogP contribution in [0.1, 0.15) is 13.8 Å². The summed E-state index contributed by atoms with van der Waals surface area (Å²) < 4.78 is 11.0. The van der Waals surface area contributed by atoms with E-state index in [1.807, 2.05) is 13.8 Å². The van der Waals surface area contributed by atoms with Crippen molar-refractivity contribution in [2.45, 2.75) is 13.8 Å². The first kappa shape index (κ1) is 13.1. The van der Waals surface area contributed by atoms with Crippen molar-refractivity contribution < 1.29 is 18.9 Å². The SMILES string of the molecule is CC(C)CNC(=O)CS(=O)CC(=O)O. The number of aliphatic carboxylic acids is 1. The van der Waals surface area contributed by atoms with E-state index < -0.39 is 22.5 Å². The van der Waals surface area contributed by atoms with Crippen molar-refractivity contribution in [1.29, 1.82) is 0 Å². The Morgan fingerprint density at radius 2 is 1.93 bits per heavy atom. The second-order valence-electron chi connectivity index (χ2n) is 3.32. The molecular formula is C8H15NO4S. The lowest BCUT2D eigenvalue weighted by Gasteiger charge is -2.06. The molecule has 0 heterocycles. The molecule has 2 N–H and O–H groups in total. The predicted molar refractivity (Wildman–Crippen MR) is 53.4 cm³/mol. The number of carboxylic acid groups (broad SMARTS) is 1. The summed E-state index contributed by atoms with van der Waals surface area (Å²) in [5.41, 5.74) is 0. The maximum atomic E-state index is 11.0. The van der Waals surface area contributed by atoms with Crippen LogP contribution in [-0.4, -0.2) is 39.2 Å². The van der Waals surface area contributed by atoms with E-state index in [1.165, 1.54) is 0 Å². The summed E-state index contributed by atoms with van der Waals surface area (Å²) in [4.78, 5) is 21.2. The zero-order valence-electron chi connectivity index (χ0n) is 8.28. The van der Waals surface area contributed by atoms with Crippen LogP contribution >= 0.6 is 0 Å². The highest BCUT2D eigenvalue weighted by Gasteiger charge is 2.11. The lowest BCUT2D eigenvalue weighted by Crippen LogP contribution is -2.32. The van der Waals surface area contributed by atoms with Gasteiger partial charge in [-0.1, -0.05) is 13.8 Å². The van der Waals surface area contributed by atoms with E-state index in [0.29, 0.717) is 12.5 Å². The van der Waals surface area contributed by atoms with Crippen molar-refractivity contribution >= 4 is 22.7 Å². The molecule has 0 rings (SSSR count). The van der Waals surface area contributed by atoms with Gasteiger partial charge in [-0.15, -0.1) is 0 Å². The van der Waals surface area contributed by atoms with Crippen molar-refractivity contribution in [2.75, 3.05) is 18.1 Å². The zero-order chi connectivity index (χ0) is 11.1. The zero-order valence-corrected chi connectivity index (χ0v) is 9.10. The Hall–Kier alpha value is -0.910. The molecule has 0 saturated heterocycles. The molecular weight excluding hydrogens is 206 g/mol. The number of hydrogen-bond donors (Lipinski definition) is 2. The van der Waals surface area contributed by atoms with E-state index in [-0.39, 0.29) is 11.7 Å². The van der Waals surface area contributed by atoms with E-state index in [0.717, 1.165) is 0 Å². The van der Waals surface area contributed by atoms with Gasteiger partial charge in [-0.05, 0) is 5.92 Å². The van der Waals surface area contributed by atoms with Crippen LogP contribution in [0.4, 0.5) is 0 Å². The molecule has 0 fully saturated rings. The first-order chi connectivity index (χ1) is 6.41. The minimum absolute atomic E-state index is 0.237. The summed E-state index contributed by atoms with van der Waals surface area (Å²) in [6, 6.07) is 0. The smallest absolute Gasteiger partial charge is 0.316 e. The maximum absolute atomic E-state index is 11.0. The van der Waals surface area contributed by atoms with Gasteiger partial charge in [0.25, 0.3) is 0 Å². The minimum atomic E-state index is -1.61. The molecule has 1 amide bonds. The van der Waals surface area contributed by atoms with Crippen molar-refractivity contribution in [2.24, 2.45) is 5.92 Å². The third kappa shape index (κ3) is 7.72. The molecule has 14 heavy (non-hydrogen) atoms.